The molecule has 4 aromatic rings. The van der Waals surface area contributed by atoms with Crippen LogP contribution >= 0.6 is 0 Å². The van der Waals surface area contributed by atoms with Crippen LogP contribution in [-0.2, 0) is 0 Å². The lowest BCUT2D eigenvalue weighted by molar-refractivity contribution is 0.118. The second-order valence-electron chi connectivity index (χ2n) is 7.62. The average Bonchev–Trinajstić information content (AvgIpc) is 3.18. The number of H-pyrrole nitrogens is 1. The summed E-state index contributed by atoms with van der Waals surface area (Å²) in [4.78, 5) is 16.7. The lowest BCUT2D eigenvalue weighted by Crippen LogP contribution is -2.19. The van der Waals surface area contributed by atoms with E-state index in [-0.39, 0.29) is 12.0 Å². The summed E-state index contributed by atoms with van der Waals surface area (Å²) < 4.78 is 6.04. The minimum atomic E-state index is -0.276. The van der Waals surface area contributed by atoms with Crippen molar-refractivity contribution in [2.24, 2.45) is 0 Å². The third-order valence-corrected chi connectivity index (χ3v) is 5.45. The molecule has 0 aliphatic heterocycles. The molecule has 7 nitrogen and oxygen atoms in total. The Kier molecular flexibility index (Phi) is 5.03. The maximum absolute atomic E-state index is 10.0. The van der Waals surface area contributed by atoms with Gasteiger partial charge in [0.05, 0.1) is 17.1 Å². The Balaban J connectivity index is 1.30. The standard InChI is InChI=1S/C23H23N5O2/c29-17-5-3-4-15(14-17)21-22(25-13-12-24-21)30-18-10-8-16(9-11-18)26-23-27-19-6-1-2-7-20(19)28-23/h1-2,6-13,15,17,29H,3-5,14H2,(H2,26,27,28)/t15-,17+/m1/s1. The molecular formula is C23H23N5O2. The maximum Gasteiger partial charge on any atom is 0.241 e. The number of para-hydroxylation sites is 2. The van der Waals surface area contributed by atoms with Crippen molar-refractivity contribution >= 4 is 22.7 Å². The van der Waals surface area contributed by atoms with Gasteiger partial charge in [-0.3, -0.25) is 4.98 Å². The van der Waals surface area contributed by atoms with Crippen LogP contribution in [0.15, 0.2) is 60.9 Å². The number of fused-ring (bicyclic) bond motifs is 1. The van der Waals surface area contributed by atoms with E-state index < -0.39 is 0 Å². The minimum Gasteiger partial charge on any atom is -0.437 e. The predicted molar refractivity (Wildman–Crippen MR) is 115 cm³/mol. The number of aliphatic hydroxyl groups excluding tert-OH is 1. The van der Waals surface area contributed by atoms with Crippen LogP contribution in [0.5, 0.6) is 11.6 Å². The topological polar surface area (TPSA) is 96.0 Å². The quantitative estimate of drug-likeness (QED) is 0.440. The van der Waals surface area contributed by atoms with Gasteiger partial charge in [0.15, 0.2) is 0 Å². The van der Waals surface area contributed by atoms with Gasteiger partial charge in [-0.05, 0) is 55.7 Å². The Morgan fingerprint density at radius 1 is 1.00 bits per heavy atom. The van der Waals surface area contributed by atoms with Gasteiger partial charge in [-0.1, -0.05) is 18.6 Å². The average molecular weight is 401 g/mol. The Bertz CT molecular complexity index is 1110. The molecule has 0 saturated heterocycles. The number of nitrogens with one attached hydrogen (secondary N) is 2. The van der Waals surface area contributed by atoms with Crippen LogP contribution in [0.25, 0.3) is 11.0 Å². The first-order valence-electron chi connectivity index (χ1n) is 10.2. The molecule has 0 spiro atoms. The molecule has 0 bridgehead atoms. The molecule has 0 amide bonds. The third-order valence-electron chi connectivity index (χ3n) is 5.45. The second-order valence-corrected chi connectivity index (χ2v) is 7.62. The number of aromatic nitrogens is 4. The number of hydrogen-bond donors (Lipinski definition) is 3. The number of hydrogen-bond acceptors (Lipinski definition) is 6. The smallest absolute Gasteiger partial charge is 0.241 e. The van der Waals surface area contributed by atoms with Crippen LogP contribution in [0.2, 0.25) is 0 Å². The van der Waals surface area contributed by atoms with E-state index >= 15 is 0 Å². The van der Waals surface area contributed by atoms with E-state index in [1.54, 1.807) is 12.4 Å². The molecule has 7 heteroatoms. The number of aromatic amines is 1. The largest absolute Gasteiger partial charge is 0.437 e. The Hall–Kier alpha value is -3.45. The number of benzene rings is 2. The fourth-order valence-electron chi connectivity index (χ4n) is 3.97. The third kappa shape index (κ3) is 3.97. The molecule has 2 aromatic carbocycles. The van der Waals surface area contributed by atoms with E-state index in [0.29, 0.717) is 24.0 Å². The molecule has 152 valence electrons. The fraction of sp³-hybridized carbons (Fsp3) is 0.261. The molecule has 2 aromatic heterocycles. The lowest BCUT2D eigenvalue weighted by atomic mass is 9.85. The molecule has 1 aliphatic rings. The summed E-state index contributed by atoms with van der Waals surface area (Å²) >= 11 is 0. The van der Waals surface area contributed by atoms with Gasteiger partial charge in [-0.25, -0.2) is 9.97 Å². The minimum absolute atomic E-state index is 0.173. The normalized spacial score (nSPS) is 19.0. The second kappa shape index (κ2) is 8.12. The van der Waals surface area contributed by atoms with Crippen LogP contribution in [0.4, 0.5) is 11.6 Å². The summed E-state index contributed by atoms with van der Waals surface area (Å²) in [5.41, 5.74) is 3.63. The van der Waals surface area contributed by atoms with Crippen LogP contribution in [0, 0.1) is 0 Å². The maximum atomic E-state index is 10.0. The number of imidazole rings is 1. The van der Waals surface area contributed by atoms with E-state index in [0.717, 1.165) is 41.7 Å². The summed E-state index contributed by atoms with van der Waals surface area (Å²) in [6, 6.07) is 15.6. The van der Waals surface area contributed by atoms with Gasteiger partial charge < -0.3 is 20.1 Å². The number of rotatable bonds is 5. The monoisotopic (exact) mass is 401 g/mol. The highest BCUT2D eigenvalue weighted by Crippen LogP contribution is 2.36. The van der Waals surface area contributed by atoms with Crippen molar-refractivity contribution in [1.29, 1.82) is 0 Å². The van der Waals surface area contributed by atoms with Crippen molar-refractivity contribution in [3.8, 4) is 11.6 Å². The van der Waals surface area contributed by atoms with Crippen molar-refractivity contribution < 1.29 is 9.84 Å². The zero-order valence-corrected chi connectivity index (χ0v) is 16.5. The molecule has 5 rings (SSSR count). The Morgan fingerprint density at radius 2 is 1.83 bits per heavy atom. The van der Waals surface area contributed by atoms with Crippen molar-refractivity contribution in [2.75, 3.05) is 5.32 Å². The van der Waals surface area contributed by atoms with Crippen molar-refractivity contribution in [2.45, 2.75) is 37.7 Å². The highest BCUT2D eigenvalue weighted by Gasteiger charge is 2.26. The first-order chi connectivity index (χ1) is 14.7. The van der Waals surface area contributed by atoms with Crippen LogP contribution in [0.3, 0.4) is 0 Å². The summed E-state index contributed by atoms with van der Waals surface area (Å²) in [5.74, 6) is 2.06. The van der Waals surface area contributed by atoms with Crippen LogP contribution in [0.1, 0.15) is 37.3 Å². The van der Waals surface area contributed by atoms with E-state index in [9.17, 15) is 5.11 Å². The highest BCUT2D eigenvalue weighted by atomic mass is 16.5. The van der Waals surface area contributed by atoms with E-state index in [2.05, 4.69) is 25.3 Å². The SMILES string of the molecule is O[C@H]1CCC[C@@H](c2nccnc2Oc2ccc(Nc3nc4ccccc4[nH]3)cc2)C1. The lowest BCUT2D eigenvalue weighted by Gasteiger charge is -2.26. The van der Waals surface area contributed by atoms with Gasteiger partial charge in [0.2, 0.25) is 11.8 Å². The Morgan fingerprint density at radius 3 is 2.67 bits per heavy atom. The first-order valence-corrected chi connectivity index (χ1v) is 10.2. The zero-order valence-electron chi connectivity index (χ0n) is 16.5. The number of anilines is 2. The molecule has 30 heavy (non-hydrogen) atoms. The summed E-state index contributed by atoms with van der Waals surface area (Å²) in [5, 5.41) is 13.3. The van der Waals surface area contributed by atoms with Crippen LogP contribution < -0.4 is 10.1 Å². The zero-order chi connectivity index (χ0) is 20.3. The van der Waals surface area contributed by atoms with Gasteiger partial charge >= 0.3 is 0 Å². The molecule has 1 aliphatic carbocycles. The van der Waals surface area contributed by atoms with Crippen molar-refractivity contribution in [3.63, 3.8) is 0 Å². The van der Waals surface area contributed by atoms with Crippen molar-refractivity contribution in [1.82, 2.24) is 19.9 Å². The molecule has 1 saturated carbocycles. The van der Waals surface area contributed by atoms with Crippen molar-refractivity contribution in [3.05, 3.63) is 66.6 Å². The summed E-state index contributed by atoms with van der Waals surface area (Å²) in [6.07, 6.45) is 6.58. The van der Waals surface area contributed by atoms with E-state index in [1.165, 1.54) is 0 Å². The summed E-state index contributed by atoms with van der Waals surface area (Å²) in [6.45, 7) is 0. The molecule has 2 heterocycles. The number of aliphatic hydroxyl groups is 1. The fourth-order valence-corrected chi connectivity index (χ4v) is 3.97. The van der Waals surface area contributed by atoms with Gasteiger partial charge in [0.25, 0.3) is 0 Å². The number of ether oxygens (including phenoxy) is 1. The van der Waals surface area contributed by atoms with E-state index in [1.807, 2.05) is 48.5 Å². The van der Waals surface area contributed by atoms with Gasteiger partial charge in [-0.2, -0.15) is 0 Å². The molecule has 0 unspecified atom stereocenters. The molecule has 3 N–H and O–H groups in total. The van der Waals surface area contributed by atoms with E-state index in [4.69, 9.17) is 4.74 Å². The first kappa shape index (κ1) is 18.6. The van der Waals surface area contributed by atoms with Gasteiger partial charge in [-0.15, -0.1) is 0 Å². The number of nitrogens with zero attached hydrogens (tertiary/aromatic N) is 3. The molecule has 2 atom stereocenters. The molecule has 1 fully saturated rings. The molecular weight excluding hydrogens is 378 g/mol. The van der Waals surface area contributed by atoms with Gasteiger partial charge in [0, 0.05) is 24.0 Å². The molecule has 0 radical (unpaired) electrons. The van der Waals surface area contributed by atoms with Crippen LogP contribution in [-0.4, -0.2) is 31.1 Å². The van der Waals surface area contributed by atoms with Gasteiger partial charge in [0.1, 0.15) is 11.4 Å². The summed E-state index contributed by atoms with van der Waals surface area (Å²) in [7, 11) is 0. The highest BCUT2D eigenvalue weighted by molar-refractivity contribution is 5.78. The Labute approximate surface area is 174 Å². The predicted octanol–water partition coefficient (Wildman–Crippen LogP) is 4.91.